The van der Waals surface area contributed by atoms with Crippen LogP contribution in [0.2, 0.25) is 12.6 Å². The zero-order valence-corrected chi connectivity index (χ0v) is 22.2. The number of nitrogens with zero attached hydrogens (tertiary/aromatic N) is 3. The number of anilines is 5. The van der Waals surface area contributed by atoms with Crippen LogP contribution in [0.4, 0.5) is 29.2 Å². The zero-order chi connectivity index (χ0) is 27.0. The minimum Gasteiger partial charge on any atom is -0.870 e. The second-order valence-corrected chi connectivity index (χ2v) is 11.7. The Labute approximate surface area is 216 Å². The van der Waals surface area contributed by atoms with Crippen molar-refractivity contribution < 1.29 is 23.9 Å². The number of rotatable bonds is 12. The Morgan fingerprint density at radius 3 is 1.81 bits per heavy atom. The summed E-state index contributed by atoms with van der Waals surface area (Å²) < 4.78 is 5.21. The summed E-state index contributed by atoms with van der Waals surface area (Å²) in [6, 6.07) is 13.6. The van der Waals surface area contributed by atoms with Crippen LogP contribution in [0.1, 0.15) is 47.9 Å². The number of ketones is 1. The molecule has 0 aliphatic rings. The van der Waals surface area contributed by atoms with Gasteiger partial charge in [0.2, 0.25) is 17.8 Å². The highest BCUT2D eigenvalue weighted by Gasteiger charge is 2.11. The Balaban J connectivity index is 1.78. The van der Waals surface area contributed by atoms with Crippen LogP contribution in [0.25, 0.3) is 0 Å². The van der Waals surface area contributed by atoms with E-state index in [1.165, 1.54) is 13.5 Å². The molecule has 3 aromatic rings. The fraction of sp³-hybridized carbons (Fsp3) is 0.320. The van der Waals surface area contributed by atoms with Gasteiger partial charge in [0.05, 0.1) is 11.7 Å². The lowest BCUT2D eigenvalue weighted by Crippen LogP contribution is -2.59. The van der Waals surface area contributed by atoms with E-state index in [0.717, 1.165) is 0 Å². The molecular formula is C25H30N6O5Si-2. The number of ether oxygens (including phenoxy) is 1. The van der Waals surface area contributed by atoms with Crippen LogP contribution >= 0.6 is 0 Å². The molecule has 37 heavy (non-hydrogen) atoms. The summed E-state index contributed by atoms with van der Waals surface area (Å²) in [5.41, 5.74) is 2.30. The van der Waals surface area contributed by atoms with Crippen molar-refractivity contribution in [2.75, 3.05) is 22.5 Å². The molecule has 1 aromatic heterocycles. The maximum atomic E-state index is 12.1. The molecule has 0 saturated heterocycles. The van der Waals surface area contributed by atoms with Gasteiger partial charge >= 0.3 is 5.97 Å². The Morgan fingerprint density at radius 2 is 1.35 bits per heavy atom. The molecule has 0 fully saturated rings. The number of Topliss-reactive ketones (excluding diaryl/α,β-unsaturated/α-hetero) is 1. The summed E-state index contributed by atoms with van der Waals surface area (Å²) in [7, 11) is -3.63. The number of carbonyl (C=O) groups is 2. The first kappa shape index (κ1) is 27.7. The van der Waals surface area contributed by atoms with Gasteiger partial charge in [0.1, 0.15) is 0 Å². The lowest BCUT2D eigenvalue weighted by atomic mass is 10.1. The molecule has 0 aliphatic carbocycles. The second kappa shape index (κ2) is 12.4. The van der Waals surface area contributed by atoms with Crippen molar-refractivity contribution in [1.82, 2.24) is 15.0 Å². The van der Waals surface area contributed by atoms with Crippen molar-refractivity contribution in [1.29, 1.82) is 0 Å². The first-order valence-corrected chi connectivity index (χ1v) is 14.4. The van der Waals surface area contributed by atoms with E-state index in [1.54, 1.807) is 62.4 Å². The fourth-order valence-electron chi connectivity index (χ4n) is 3.19. The van der Waals surface area contributed by atoms with Gasteiger partial charge in [0.15, 0.2) is 5.78 Å². The lowest BCUT2D eigenvalue weighted by Gasteiger charge is -2.43. The van der Waals surface area contributed by atoms with Crippen LogP contribution in [0.15, 0.2) is 48.5 Å². The van der Waals surface area contributed by atoms with Crippen molar-refractivity contribution in [3.05, 3.63) is 59.7 Å². The fourth-order valence-corrected chi connectivity index (χ4v) is 4.01. The Kier molecular flexibility index (Phi) is 9.28. The molecule has 2 aromatic carbocycles. The van der Waals surface area contributed by atoms with Crippen molar-refractivity contribution in [3.8, 4) is 0 Å². The Hall–Kier alpha value is -3.87. The van der Waals surface area contributed by atoms with Crippen molar-refractivity contribution in [2.24, 2.45) is 0 Å². The van der Waals surface area contributed by atoms with Crippen molar-refractivity contribution in [3.63, 3.8) is 0 Å². The number of nitrogens with one attached hydrogen (secondary N) is 3. The average Bonchev–Trinajstić information content (AvgIpc) is 2.81. The molecule has 3 N–H and O–H groups in total. The molecule has 0 radical (unpaired) electrons. The van der Waals surface area contributed by atoms with Crippen molar-refractivity contribution in [2.45, 2.75) is 45.9 Å². The van der Waals surface area contributed by atoms with E-state index in [0.29, 0.717) is 35.5 Å². The summed E-state index contributed by atoms with van der Waals surface area (Å²) in [5.74, 6) is 0.260. The monoisotopic (exact) mass is 522 g/mol. The molecule has 3 rings (SSSR count). The Morgan fingerprint density at radius 1 is 0.865 bits per heavy atom. The maximum absolute atomic E-state index is 12.1. The zero-order valence-electron chi connectivity index (χ0n) is 21.2. The molecule has 12 heteroatoms. The highest BCUT2D eigenvalue weighted by Crippen LogP contribution is 2.20. The van der Waals surface area contributed by atoms with Gasteiger partial charge in [-0.15, -0.1) is 0 Å². The van der Waals surface area contributed by atoms with E-state index >= 15 is 0 Å². The summed E-state index contributed by atoms with van der Waals surface area (Å²) in [5, 5.41) is 9.20. The van der Waals surface area contributed by atoms with E-state index in [9.17, 15) is 19.2 Å². The number of esters is 1. The van der Waals surface area contributed by atoms with Crippen LogP contribution in [0.5, 0.6) is 0 Å². The molecular weight excluding hydrogens is 492 g/mol. The first-order chi connectivity index (χ1) is 17.5. The molecule has 0 amide bonds. The second-order valence-electron chi connectivity index (χ2n) is 8.89. The van der Waals surface area contributed by atoms with Gasteiger partial charge in [-0.1, -0.05) is 12.6 Å². The van der Waals surface area contributed by atoms with Gasteiger partial charge in [0, 0.05) is 23.5 Å². The largest absolute Gasteiger partial charge is 0.870 e. The van der Waals surface area contributed by atoms with E-state index in [1.807, 2.05) is 0 Å². The van der Waals surface area contributed by atoms with E-state index in [4.69, 9.17) is 4.74 Å². The predicted molar refractivity (Wildman–Crippen MR) is 139 cm³/mol. The minimum atomic E-state index is -3.63. The molecule has 0 aliphatic heterocycles. The number of benzene rings is 2. The number of hydrogen-bond donors (Lipinski definition) is 3. The molecule has 0 atom stereocenters. The third-order valence-corrected chi connectivity index (χ3v) is 6.26. The van der Waals surface area contributed by atoms with E-state index in [2.05, 4.69) is 30.9 Å². The highest BCUT2D eigenvalue weighted by atomic mass is 28.4. The third-order valence-electron chi connectivity index (χ3n) is 4.99. The van der Waals surface area contributed by atoms with Gasteiger partial charge in [0.25, 0.3) is 0 Å². The number of hydrogen-bond acceptors (Lipinski definition) is 11. The molecule has 1 heterocycles. The number of carbonyl (C=O) groups excluding carboxylic acids is 2. The normalized spacial score (nSPS) is 11.2. The van der Waals surface area contributed by atoms with Gasteiger partial charge < -0.3 is 30.3 Å². The predicted octanol–water partition coefficient (Wildman–Crippen LogP) is 2.72. The van der Waals surface area contributed by atoms with Crippen LogP contribution < -0.4 is 25.5 Å². The van der Waals surface area contributed by atoms with Crippen LogP contribution in [-0.2, 0) is 4.74 Å². The molecule has 196 valence electrons. The lowest BCUT2D eigenvalue weighted by molar-refractivity contribution is -0.368. The molecule has 0 unspecified atom stereocenters. The molecule has 0 saturated carbocycles. The summed E-state index contributed by atoms with van der Waals surface area (Å²) >= 11 is 0. The average molecular weight is 523 g/mol. The number of aromatic nitrogens is 3. The molecule has 0 spiro atoms. The minimum absolute atomic E-state index is 0.0384. The van der Waals surface area contributed by atoms with E-state index < -0.39 is 14.5 Å². The summed E-state index contributed by atoms with van der Waals surface area (Å²) in [4.78, 5) is 59.7. The Bertz CT molecular complexity index is 1210. The van der Waals surface area contributed by atoms with Gasteiger partial charge in [-0.25, -0.2) is 4.79 Å². The highest BCUT2D eigenvalue weighted by molar-refractivity contribution is 6.59. The third kappa shape index (κ3) is 9.26. The van der Waals surface area contributed by atoms with E-state index in [-0.39, 0.29) is 35.8 Å². The maximum Gasteiger partial charge on any atom is 0.338 e. The smallest absolute Gasteiger partial charge is 0.338 e. The van der Waals surface area contributed by atoms with Crippen LogP contribution in [0, 0.1) is 0 Å². The first-order valence-electron chi connectivity index (χ1n) is 11.9. The topological polar surface area (TPSA) is 164 Å². The quantitative estimate of drug-likeness (QED) is 0.139. The van der Waals surface area contributed by atoms with Gasteiger partial charge in [-0.05, 0) is 75.7 Å². The SMILES string of the molecule is CC(=O)c1ccc(Nc2nc(NCCC[Si](C)([O-])[O-])nc(Nc3ccc(C(=O)OC(C)C)cc3)n2)cc1. The van der Waals surface area contributed by atoms with Gasteiger partial charge in [-0.3, -0.25) is 4.79 Å². The summed E-state index contributed by atoms with van der Waals surface area (Å²) in [6.45, 7) is 6.66. The molecule has 11 nitrogen and oxygen atoms in total. The van der Waals surface area contributed by atoms with Crippen LogP contribution in [-0.4, -0.2) is 47.9 Å². The standard InChI is InChI=1S/C25H30N6O5Si/c1-16(2)36-22(33)19-8-12-21(13-9-19)28-25-30-23(26-14-5-15-37(4,34)35)29-24(31-25)27-20-10-6-18(7-11-20)17(3)32/h6-13,16H,5,14-15H2,1-4H3,(H3,26,27,28,29,30,31)/q-2. The summed E-state index contributed by atoms with van der Waals surface area (Å²) in [6.07, 6.45) is 0.192. The van der Waals surface area contributed by atoms with Gasteiger partial charge in [-0.2, -0.15) is 23.5 Å². The van der Waals surface area contributed by atoms with Crippen molar-refractivity contribution >= 4 is 49.5 Å². The van der Waals surface area contributed by atoms with Crippen LogP contribution in [0.3, 0.4) is 0 Å². The molecule has 0 bridgehead atoms.